The molecule has 0 aliphatic heterocycles. The maximum Gasteiger partial charge on any atom is 0.340 e. The van der Waals surface area contributed by atoms with E-state index >= 15 is 0 Å². The van der Waals surface area contributed by atoms with Crippen LogP contribution in [0.2, 0.25) is 0 Å². The largest absolute Gasteiger partial charge is 0.462 e. The van der Waals surface area contributed by atoms with Crippen LogP contribution in [0.5, 0.6) is 0 Å². The number of esters is 1. The van der Waals surface area contributed by atoms with E-state index in [0.717, 1.165) is 12.1 Å². The number of anilines is 2. The molecule has 1 aliphatic rings. The van der Waals surface area contributed by atoms with Gasteiger partial charge >= 0.3 is 5.97 Å². The van der Waals surface area contributed by atoms with E-state index in [4.69, 9.17) is 10.5 Å². The van der Waals surface area contributed by atoms with Crippen LogP contribution in [0.25, 0.3) is 0 Å². The first kappa shape index (κ1) is 13.7. The third kappa shape index (κ3) is 2.83. The summed E-state index contributed by atoms with van der Waals surface area (Å²) in [4.78, 5) is 11.8. The van der Waals surface area contributed by atoms with Gasteiger partial charge in [0.05, 0.1) is 12.2 Å². The van der Waals surface area contributed by atoms with Crippen molar-refractivity contribution in [3.05, 3.63) is 23.8 Å². The normalized spacial score (nSPS) is 16.5. The summed E-state index contributed by atoms with van der Waals surface area (Å²) < 4.78 is 5.01. The summed E-state index contributed by atoms with van der Waals surface area (Å²) in [5, 5.41) is 3.54. The molecule has 0 radical (unpaired) electrons. The second-order valence-electron chi connectivity index (χ2n) is 5.13. The van der Waals surface area contributed by atoms with E-state index in [9.17, 15) is 4.79 Å². The average Bonchev–Trinajstić information content (AvgIpc) is 2.36. The van der Waals surface area contributed by atoms with Crippen LogP contribution in [0.4, 0.5) is 11.4 Å². The van der Waals surface area contributed by atoms with Gasteiger partial charge in [0.15, 0.2) is 0 Å². The van der Waals surface area contributed by atoms with Gasteiger partial charge in [0, 0.05) is 16.9 Å². The lowest BCUT2D eigenvalue weighted by Crippen LogP contribution is -2.44. The number of benzene rings is 1. The Balaban J connectivity index is 2.18. The highest BCUT2D eigenvalue weighted by Crippen LogP contribution is 2.38. The van der Waals surface area contributed by atoms with Crippen molar-refractivity contribution < 1.29 is 9.53 Å². The molecule has 0 heterocycles. The molecule has 2 rings (SSSR count). The van der Waals surface area contributed by atoms with E-state index in [-0.39, 0.29) is 11.5 Å². The van der Waals surface area contributed by atoms with Crippen LogP contribution in [0.1, 0.15) is 49.9 Å². The van der Waals surface area contributed by atoms with E-state index in [2.05, 4.69) is 12.2 Å². The molecule has 0 atom stereocenters. The molecule has 3 N–H and O–H groups in total. The minimum atomic E-state index is -0.359. The fourth-order valence-electron chi connectivity index (χ4n) is 2.50. The number of ether oxygens (including phenoxy) is 1. The zero-order chi connectivity index (χ0) is 13.9. The highest BCUT2D eigenvalue weighted by atomic mass is 16.5. The van der Waals surface area contributed by atoms with Gasteiger partial charge in [0.25, 0.3) is 0 Å². The Morgan fingerprint density at radius 1 is 1.42 bits per heavy atom. The van der Waals surface area contributed by atoms with E-state index in [1.165, 1.54) is 19.3 Å². The summed E-state index contributed by atoms with van der Waals surface area (Å²) >= 11 is 0. The van der Waals surface area contributed by atoms with Crippen LogP contribution < -0.4 is 11.1 Å². The summed E-state index contributed by atoms with van der Waals surface area (Å²) in [6, 6.07) is 5.48. The van der Waals surface area contributed by atoms with Crippen LogP contribution in [0.3, 0.4) is 0 Å². The van der Waals surface area contributed by atoms with Crippen molar-refractivity contribution in [3.63, 3.8) is 0 Å². The van der Waals surface area contributed by atoms with Gasteiger partial charge in [-0.2, -0.15) is 0 Å². The molecule has 0 bridgehead atoms. The minimum absolute atomic E-state index is 0.196. The Morgan fingerprint density at radius 3 is 2.68 bits per heavy atom. The maximum atomic E-state index is 11.8. The lowest BCUT2D eigenvalue weighted by Gasteiger charge is -2.43. The number of carbonyl (C=O) groups excluding carboxylic acids is 1. The highest BCUT2D eigenvalue weighted by Gasteiger charge is 2.34. The summed E-state index contributed by atoms with van der Waals surface area (Å²) in [5.41, 5.74) is 7.88. The Labute approximate surface area is 114 Å². The number of nitrogens with two attached hydrogens (primary N) is 1. The lowest BCUT2D eigenvalue weighted by atomic mass is 9.74. The molecule has 0 amide bonds. The molecule has 1 aromatic carbocycles. The van der Waals surface area contributed by atoms with Gasteiger partial charge in [-0.1, -0.05) is 6.92 Å². The maximum absolute atomic E-state index is 11.8. The molecule has 0 saturated heterocycles. The Bertz CT molecular complexity index is 462. The monoisotopic (exact) mass is 262 g/mol. The summed E-state index contributed by atoms with van der Waals surface area (Å²) in [6.45, 7) is 4.33. The Hall–Kier alpha value is -1.71. The topological polar surface area (TPSA) is 64.3 Å². The van der Waals surface area contributed by atoms with Gasteiger partial charge in [0.1, 0.15) is 0 Å². The van der Waals surface area contributed by atoms with Crippen LogP contribution in [0.15, 0.2) is 18.2 Å². The molecule has 0 unspecified atom stereocenters. The molecule has 104 valence electrons. The number of rotatable bonds is 5. The molecular formula is C15H22N2O2. The van der Waals surface area contributed by atoms with Crippen LogP contribution in [-0.2, 0) is 4.74 Å². The molecule has 0 aromatic heterocycles. The minimum Gasteiger partial charge on any atom is -0.462 e. The van der Waals surface area contributed by atoms with E-state index < -0.39 is 0 Å². The summed E-state index contributed by atoms with van der Waals surface area (Å²) in [7, 11) is 0. The molecule has 0 spiro atoms. The van der Waals surface area contributed by atoms with Crippen molar-refractivity contribution in [2.24, 2.45) is 0 Å². The third-order valence-corrected chi connectivity index (χ3v) is 3.95. The number of hydrogen-bond acceptors (Lipinski definition) is 4. The van der Waals surface area contributed by atoms with E-state index in [1.54, 1.807) is 19.1 Å². The fraction of sp³-hybridized carbons (Fsp3) is 0.533. The molecule has 1 aliphatic carbocycles. The quantitative estimate of drug-likeness (QED) is 0.632. The van der Waals surface area contributed by atoms with Crippen LogP contribution >= 0.6 is 0 Å². The number of hydrogen-bond donors (Lipinski definition) is 2. The lowest BCUT2D eigenvalue weighted by molar-refractivity contribution is 0.0527. The Kier molecular flexibility index (Phi) is 3.98. The van der Waals surface area contributed by atoms with Gasteiger partial charge in [-0.15, -0.1) is 0 Å². The van der Waals surface area contributed by atoms with Crippen molar-refractivity contribution in [1.82, 2.24) is 0 Å². The molecule has 4 nitrogen and oxygen atoms in total. The second kappa shape index (κ2) is 5.51. The zero-order valence-corrected chi connectivity index (χ0v) is 11.7. The molecule has 4 heteroatoms. The van der Waals surface area contributed by atoms with Crippen molar-refractivity contribution in [3.8, 4) is 0 Å². The van der Waals surface area contributed by atoms with Gasteiger partial charge in [-0.25, -0.2) is 4.79 Å². The first-order chi connectivity index (χ1) is 9.10. The predicted molar refractivity (Wildman–Crippen MR) is 77.3 cm³/mol. The van der Waals surface area contributed by atoms with Crippen molar-refractivity contribution in [2.75, 3.05) is 17.7 Å². The standard InChI is InChI=1S/C15H22N2O2/c1-3-15(8-5-9-15)17-11-6-7-13(16)12(10-11)14(18)19-4-2/h6-7,10,17H,3-5,8-9,16H2,1-2H3. The van der Waals surface area contributed by atoms with E-state index in [1.807, 2.05) is 6.07 Å². The molecule has 1 saturated carbocycles. The molecule has 19 heavy (non-hydrogen) atoms. The van der Waals surface area contributed by atoms with Crippen molar-refractivity contribution in [1.29, 1.82) is 0 Å². The zero-order valence-electron chi connectivity index (χ0n) is 11.7. The summed E-state index contributed by atoms with van der Waals surface area (Å²) in [6.07, 6.45) is 4.72. The molecular weight excluding hydrogens is 240 g/mol. The van der Waals surface area contributed by atoms with Crippen LogP contribution in [0, 0.1) is 0 Å². The van der Waals surface area contributed by atoms with Gasteiger partial charge in [-0.05, 0) is 50.8 Å². The Morgan fingerprint density at radius 2 is 2.16 bits per heavy atom. The molecule has 1 aromatic rings. The van der Waals surface area contributed by atoms with E-state index in [0.29, 0.717) is 17.9 Å². The van der Waals surface area contributed by atoms with Gasteiger partial charge < -0.3 is 15.8 Å². The smallest absolute Gasteiger partial charge is 0.340 e. The number of carbonyl (C=O) groups is 1. The number of nitrogen functional groups attached to an aromatic ring is 1. The van der Waals surface area contributed by atoms with Gasteiger partial charge in [0.2, 0.25) is 0 Å². The predicted octanol–water partition coefficient (Wildman–Crippen LogP) is 3.19. The van der Waals surface area contributed by atoms with Gasteiger partial charge in [-0.3, -0.25) is 0 Å². The summed E-state index contributed by atoms with van der Waals surface area (Å²) in [5.74, 6) is -0.359. The third-order valence-electron chi connectivity index (χ3n) is 3.95. The second-order valence-corrected chi connectivity index (χ2v) is 5.13. The average molecular weight is 262 g/mol. The van der Waals surface area contributed by atoms with Crippen molar-refractivity contribution >= 4 is 17.3 Å². The highest BCUT2D eigenvalue weighted by molar-refractivity contribution is 5.96. The SMILES string of the molecule is CCOC(=O)c1cc(NC2(CC)CCC2)ccc1N. The number of nitrogens with one attached hydrogen (secondary N) is 1. The first-order valence-corrected chi connectivity index (χ1v) is 6.95. The first-order valence-electron chi connectivity index (χ1n) is 6.95. The molecule has 1 fully saturated rings. The fourth-order valence-corrected chi connectivity index (χ4v) is 2.50. The van der Waals surface area contributed by atoms with Crippen molar-refractivity contribution in [2.45, 2.75) is 45.1 Å². The van der Waals surface area contributed by atoms with Crippen LogP contribution in [-0.4, -0.2) is 18.1 Å².